The second kappa shape index (κ2) is 7.50. The molecule has 2 aliphatic rings. The van der Waals surface area contributed by atoms with E-state index in [0.29, 0.717) is 12.5 Å². The van der Waals surface area contributed by atoms with Gasteiger partial charge in [-0.25, -0.2) is 9.97 Å². The molecule has 1 saturated heterocycles. The third-order valence-corrected chi connectivity index (χ3v) is 5.48. The summed E-state index contributed by atoms with van der Waals surface area (Å²) in [5, 5.41) is 0. The lowest BCUT2D eigenvalue weighted by Gasteiger charge is -2.32. The fourth-order valence-corrected chi connectivity index (χ4v) is 3.90. The highest BCUT2D eigenvalue weighted by molar-refractivity contribution is 5.73. The molecule has 1 fully saturated rings. The van der Waals surface area contributed by atoms with Crippen molar-refractivity contribution < 1.29 is 4.79 Å². The average molecular weight is 351 g/mol. The Morgan fingerprint density at radius 2 is 2.08 bits per heavy atom. The Bertz CT molecular complexity index is 771. The molecule has 0 aromatic carbocycles. The van der Waals surface area contributed by atoms with Crippen LogP contribution in [0, 0.1) is 0 Å². The number of pyridine rings is 1. The van der Waals surface area contributed by atoms with Crippen molar-refractivity contribution in [2.24, 2.45) is 0 Å². The molecule has 0 N–H and O–H groups in total. The molecular formula is C20H25N5O. The summed E-state index contributed by atoms with van der Waals surface area (Å²) in [5.74, 6) is 1.55. The molecule has 2 aliphatic heterocycles. The highest BCUT2D eigenvalue weighted by Gasteiger charge is 2.25. The van der Waals surface area contributed by atoms with E-state index in [1.807, 2.05) is 29.6 Å². The summed E-state index contributed by atoms with van der Waals surface area (Å²) in [6, 6.07) is 4.13. The molecule has 6 heteroatoms. The summed E-state index contributed by atoms with van der Waals surface area (Å²) in [6.45, 7) is 6.14. The molecule has 0 bridgehead atoms. The number of hydrogen-bond acceptors (Lipinski definition) is 5. The van der Waals surface area contributed by atoms with E-state index in [0.717, 1.165) is 62.5 Å². The summed E-state index contributed by atoms with van der Waals surface area (Å²) >= 11 is 0. The minimum absolute atomic E-state index is 0.126. The zero-order valence-corrected chi connectivity index (χ0v) is 15.3. The first-order valence-electron chi connectivity index (χ1n) is 9.40. The number of hydrogen-bond donors (Lipinski definition) is 0. The van der Waals surface area contributed by atoms with Crippen LogP contribution >= 0.6 is 0 Å². The second-order valence-electron chi connectivity index (χ2n) is 7.30. The van der Waals surface area contributed by atoms with Crippen molar-refractivity contribution >= 4 is 5.91 Å². The molecule has 4 rings (SSSR count). The molecule has 136 valence electrons. The predicted octanol–water partition coefficient (Wildman–Crippen LogP) is 2.16. The summed E-state index contributed by atoms with van der Waals surface area (Å²) in [4.78, 5) is 29.6. The highest BCUT2D eigenvalue weighted by Crippen LogP contribution is 2.27. The monoisotopic (exact) mass is 351 g/mol. The van der Waals surface area contributed by atoms with Crippen LogP contribution in [0.5, 0.6) is 0 Å². The Kier molecular flexibility index (Phi) is 4.93. The third-order valence-electron chi connectivity index (χ3n) is 5.48. The largest absolute Gasteiger partial charge is 0.338 e. The van der Waals surface area contributed by atoms with E-state index >= 15 is 0 Å². The van der Waals surface area contributed by atoms with Crippen molar-refractivity contribution in [3.63, 3.8) is 0 Å². The molecule has 0 saturated carbocycles. The van der Waals surface area contributed by atoms with Crippen molar-refractivity contribution in [2.75, 3.05) is 19.6 Å². The van der Waals surface area contributed by atoms with E-state index in [4.69, 9.17) is 4.98 Å². The number of piperidine rings is 1. The normalized spacial score (nSPS) is 18.6. The van der Waals surface area contributed by atoms with Gasteiger partial charge in [0.2, 0.25) is 5.91 Å². The molecule has 2 aromatic rings. The molecule has 1 amide bonds. The van der Waals surface area contributed by atoms with Gasteiger partial charge in [-0.15, -0.1) is 0 Å². The van der Waals surface area contributed by atoms with E-state index in [1.54, 1.807) is 6.92 Å². The first-order chi connectivity index (χ1) is 12.7. The third kappa shape index (κ3) is 3.75. The van der Waals surface area contributed by atoms with Gasteiger partial charge in [-0.1, -0.05) is 6.07 Å². The fourth-order valence-electron chi connectivity index (χ4n) is 3.90. The molecule has 0 radical (unpaired) electrons. The number of likely N-dealkylation sites (tertiary alicyclic amines) is 1. The smallest absolute Gasteiger partial charge is 0.219 e. The number of amides is 1. The van der Waals surface area contributed by atoms with Gasteiger partial charge in [-0.3, -0.25) is 14.7 Å². The molecule has 0 spiro atoms. The van der Waals surface area contributed by atoms with Crippen molar-refractivity contribution in [2.45, 2.75) is 45.2 Å². The summed E-state index contributed by atoms with van der Waals surface area (Å²) < 4.78 is 0. The second-order valence-corrected chi connectivity index (χ2v) is 7.30. The maximum absolute atomic E-state index is 11.6. The molecule has 4 heterocycles. The van der Waals surface area contributed by atoms with E-state index in [9.17, 15) is 4.79 Å². The number of rotatable bonds is 3. The standard InChI is InChI=1S/C20H25N5O/c1-15(26)25-10-6-19-18(14-25)12-22-20(23-19)17-4-8-24(9-5-17)13-16-3-2-7-21-11-16/h2-3,7,11-12,17H,4-6,8-10,13-14H2,1H3. The van der Waals surface area contributed by atoms with Crippen LogP contribution in [0.2, 0.25) is 0 Å². The molecule has 6 nitrogen and oxygen atoms in total. The molecule has 2 aromatic heterocycles. The van der Waals surface area contributed by atoms with Crippen molar-refractivity contribution in [1.29, 1.82) is 0 Å². The number of nitrogens with zero attached hydrogens (tertiary/aromatic N) is 5. The van der Waals surface area contributed by atoms with Gasteiger partial charge in [0.25, 0.3) is 0 Å². The van der Waals surface area contributed by atoms with Gasteiger partial charge in [-0.05, 0) is 37.6 Å². The van der Waals surface area contributed by atoms with Crippen LogP contribution < -0.4 is 0 Å². The Labute approximate surface area is 154 Å². The summed E-state index contributed by atoms with van der Waals surface area (Å²) in [6.07, 6.45) is 8.73. The van der Waals surface area contributed by atoms with Crippen LogP contribution in [0.1, 0.15) is 48.3 Å². The van der Waals surface area contributed by atoms with Crippen LogP contribution in [-0.4, -0.2) is 50.3 Å². The summed E-state index contributed by atoms with van der Waals surface area (Å²) in [7, 11) is 0. The van der Waals surface area contributed by atoms with Crippen LogP contribution in [0.25, 0.3) is 0 Å². The Balaban J connectivity index is 1.37. The topological polar surface area (TPSA) is 62.2 Å². The van der Waals surface area contributed by atoms with Gasteiger partial charge < -0.3 is 4.90 Å². The van der Waals surface area contributed by atoms with Gasteiger partial charge in [0, 0.05) is 63.1 Å². The van der Waals surface area contributed by atoms with Gasteiger partial charge in [0.05, 0.1) is 5.69 Å². The predicted molar refractivity (Wildman–Crippen MR) is 98.3 cm³/mol. The summed E-state index contributed by atoms with van der Waals surface area (Å²) in [5.41, 5.74) is 3.50. The first kappa shape index (κ1) is 17.1. The Morgan fingerprint density at radius 1 is 1.23 bits per heavy atom. The van der Waals surface area contributed by atoms with Gasteiger partial charge in [0.15, 0.2) is 0 Å². The molecule has 0 aliphatic carbocycles. The van der Waals surface area contributed by atoms with Gasteiger partial charge in [0.1, 0.15) is 5.82 Å². The SMILES string of the molecule is CC(=O)N1CCc2nc(C3CCN(Cc4cccnc4)CC3)ncc2C1. The zero-order valence-electron chi connectivity index (χ0n) is 15.3. The lowest BCUT2D eigenvalue weighted by molar-refractivity contribution is -0.129. The van der Waals surface area contributed by atoms with Gasteiger partial charge in [-0.2, -0.15) is 0 Å². The molecular weight excluding hydrogens is 326 g/mol. The molecule has 26 heavy (non-hydrogen) atoms. The number of aromatic nitrogens is 3. The van der Waals surface area contributed by atoms with Crippen LogP contribution in [-0.2, 0) is 24.3 Å². The van der Waals surface area contributed by atoms with Crippen molar-refractivity contribution in [1.82, 2.24) is 24.8 Å². The fraction of sp³-hybridized carbons (Fsp3) is 0.500. The first-order valence-corrected chi connectivity index (χ1v) is 9.40. The van der Waals surface area contributed by atoms with Crippen LogP contribution in [0.15, 0.2) is 30.7 Å². The van der Waals surface area contributed by atoms with E-state index in [2.05, 4.69) is 20.9 Å². The molecule has 0 atom stereocenters. The Hall–Kier alpha value is -2.34. The highest BCUT2D eigenvalue weighted by atomic mass is 16.2. The molecule has 0 unspecified atom stereocenters. The quantitative estimate of drug-likeness (QED) is 0.848. The maximum Gasteiger partial charge on any atom is 0.219 e. The minimum atomic E-state index is 0.126. The number of fused-ring (bicyclic) bond motifs is 1. The minimum Gasteiger partial charge on any atom is -0.338 e. The zero-order chi connectivity index (χ0) is 17.9. The number of carbonyl (C=O) groups is 1. The average Bonchev–Trinajstić information content (AvgIpc) is 2.68. The maximum atomic E-state index is 11.6. The Morgan fingerprint density at radius 3 is 2.81 bits per heavy atom. The lowest BCUT2D eigenvalue weighted by Crippen LogP contribution is -2.35. The van der Waals surface area contributed by atoms with E-state index < -0.39 is 0 Å². The van der Waals surface area contributed by atoms with Crippen LogP contribution in [0.3, 0.4) is 0 Å². The van der Waals surface area contributed by atoms with Crippen molar-refractivity contribution in [3.05, 3.63) is 53.4 Å². The van der Waals surface area contributed by atoms with Crippen molar-refractivity contribution in [3.8, 4) is 0 Å². The lowest BCUT2D eigenvalue weighted by atomic mass is 9.95. The van der Waals surface area contributed by atoms with Crippen LogP contribution in [0.4, 0.5) is 0 Å². The van der Waals surface area contributed by atoms with E-state index in [-0.39, 0.29) is 5.91 Å². The van der Waals surface area contributed by atoms with Gasteiger partial charge >= 0.3 is 0 Å². The number of carbonyl (C=O) groups excluding carboxylic acids is 1. The van der Waals surface area contributed by atoms with E-state index in [1.165, 1.54) is 5.56 Å².